The third-order valence-corrected chi connectivity index (χ3v) is 3.51. The summed E-state index contributed by atoms with van der Waals surface area (Å²) in [6, 6.07) is 7.74. The highest BCUT2D eigenvalue weighted by atomic mass is 35.5. The van der Waals surface area contributed by atoms with Crippen LogP contribution in [0.5, 0.6) is 0 Å². The zero-order valence-corrected chi connectivity index (χ0v) is 14.3. The number of nitrogens with one attached hydrogen (secondary N) is 2. The monoisotopic (exact) mass is 324 g/mol. The van der Waals surface area contributed by atoms with E-state index < -0.39 is 0 Å². The van der Waals surface area contributed by atoms with Crippen LogP contribution in [0.2, 0.25) is 5.02 Å². The van der Waals surface area contributed by atoms with Gasteiger partial charge in [0.1, 0.15) is 0 Å². The molecule has 1 aromatic carbocycles. The largest absolute Gasteiger partial charge is 0.356 e. The maximum Gasteiger partial charge on any atom is 0.221 e. The number of aliphatic imine (C=N–C) groups is 1. The van der Waals surface area contributed by atoms with E-state index in [1.807, 2.05) is 43.1 Å². The minimum absolute atomic E-state index is 0.0542. The van der Waals surface area contributed by atoms with E-state index in [4.69, 9.17) is 11.6 Å². The van der Waals surface area contributed by atoms with Gasteiger partial charge >= 0.3 is 0 Å². The number of halogens is 1. The molecule has 6 heteroatoms. The van der Waals surface area contributed by atoms with Gasteiger partial charge in [0, 0.05) is 45.2 Å². The molecule has 0 aliphatic carbocycles. The average molecular weight is 325 g/mol. The number of carbonyl (C=O) groups excluding carboxylic acids is 1. The standard InChI is InChI=1S/C16H25ClN4O/c1-4-10-19-15(22)9-11-20-16(18-2)21(3)12-13-7-5-6-8-14(13)17/h5-8H,4,9-12H2,1-3H3,(H,18,20)(H,19,22). The summed E-state index contributed by atoms with van der Waals surface area (Å²) in [5, 5.41) is 6.78. The lowest BCUT2D eigenvalue weighted by Crippen LogP contribution is -2.40. The van der Waals surface area contributed by atoms with Crippen LogP contribution in [0.4, 0.5) is 0 Å². The van der Waals surface area contributed by atoms with E-state index in [9.17, 15) is 4.79 Å². The zero-order valence-electron chi connectivity index (χ0n) is 13.5. The third-order valence-electron chi connectivity index (χ3n) is 3.15. The van der Waals surface area contributed by atoms with E-state index in [0.29, 0.717) is 19.5 Å². The average Bonchev–Trinajstić information content (AvgIpc) is 2.51. The Morgan fingerprint density at radius 3 is 2.64 bits per heavy atom. The van der Waals surface area contributed by atoms with Gasteiger partial charge in [0.15, 0.2) is 5.96 Å². The van der Waals surface area contributed by atoms with E-state index in [0.717, 1.165) is 29.5 Å². The second-order valence-electron chi connectivity index (χ2n) is 5.02. The minimum Gasteiger partial charge on any atom is -0.356 e. The maximum absolute atomic E-state index is 11.6. The summed E-state index contributed by atoms with van der Waals surface area (Å²) in [5.74, 6) is 0.793. The van der Waals surface area contributed by atoms with Crippen molar-refractivity contribution in [3.8, 4) is 0 Å². The summed E-state index contributed by atoms with van der Waals surface area (Å²) < 4.78 is 0. The van der Waals surface area contributed by atoms with Crippen LogP contribution in [0, 0.1) is 0 Å². The Hall–Kier alpha value is -1.75. The summed E-state index contributed by atoms with van der Waals surface area (Å²) in [5.41, 5.74) is 1.04. The van der Waals surface area contributed by atoms with Gasteiger partial charge in [-0.1, -0.05) is 36.7 Å². The number of carbonyl (C=O) groups is 1. The van der Waals surface area contributed by atoms with Crippen LogP contribution in [0.1, 0.15) is 25.3 Å². The molecule has 0 saturated heterocycles. The van der Waals surface area contributed by atoms with Crippen LogP contribution in [0.25, 0.3) is 0 Å². The van der Waals surface area contributed by atoms with Gasteiger partial charge in [-0.25, -0.2) is 0 Å². The Labute approximate surface area is 137 Å². The minimum atomic E-state index is 0.0542. The molecule has 1 aromatic rings. The number of benzene rings is 1. The molecule has 0 aromatic heterocycles. The van der Waals surface area contributed by atoms with E-state index in [1.54, 1.807) is 7.05 Å². The first-order valence-corrected chi connectivity index (χ1v) is 7.88. The fourth-order valence-corrected chi connectivity index (χ4v) is 2.18. The summed E-state index contributed by atoms with van der Waals surface area (Å²) in [6.07, 6.45) is 1.38. The number of rotatable bonds is 7. The summed E-state index contributed by atoms with van der Waals surface area (Å²) >= 11 is 6.17. The number of nitrogens with zero attached hydrogens (tertiary/aromatic N) is 2. The lowest BCUT2D eigenvalue weighted by molar-refractivity contribution is -0.120. The van der Waals surface area contributed by atoms with Crippen LogP contribution >= 0.6 is 11.6 Å². The molecule has 1 amide bonds. The van der Waals surface area contributed by atoms with Gasteiger partial charge in [0.2, 0.25) is 5.91 Å². The molecular formula is C16H25ClN4O. The normalized spacial score (nSPS) is 11.2. The van der Waals surface area contributed by atoms with Crippen LogP contribution < -0.4 is 10.6 Å². The Kier molecular flexibility index (Phi) is 8.36. The smallest absolute Gasteiger partial charge is 0.221 e. The fourth-order valence-electron chi connectivity index (χ4n) is 1.98. The Bertz CT molecular complexity index is 505. The van der Waals surface area contributed by atoms with E-state index in [2.05, 4.69) is 15.6 Å². The van der Waals surface area contributed by atoms with Gasteiger partial charge in [0.25, 0.3) is 0 Å². The second-order valence-corrected chi connectivity index (χ2v) is 5.43. The fraction of sp³-hybridized carbons (Fsp3) is 0.500. The van der Waals surface area contributed by atoms with E-state index in [-0.39, 0.29) is 5.91 Å². The molecule has 0 heterocycles. The molecule has 1 rings (SSSR count). The maximum atomic E-state index is 11.6. The van der Waals surface area contributed by atoms with Gasteiger partial charge < -0.3 is 15.5 Å². The van der Waals surface area contributed by atoms with Gasteiger partial charge in [-0.15, -0.1) is 0 Å². The van der Waals surface area contributed by atoms with Gasteiger partial charge in [-0.2, -0.15) is 0 Å². The van der Waals surface area contributed by atoms with E-state index >= 15 is 0 Å². The predicted molar refractivity (Wildman–Crippen MR) is 92.2 cm³/mol. The van der Waals surface area contributed by atoms with Crippen molar-refractivity contribution in [1.82, 2.24) is 15.5 Å². The topological polar surface area (TPSA) is 56.7 Å². The Morgan fingerprint density at radius 1 is 1.27 bits per heavy atom. The number of hydrogen-bond donors (Lipinski definition) is 2. The molecule has 0 radical (unpaired) electrons. The summed E-state index contributed by atoms with van der Waals surface area (Å²) in [6.45, 7) is 3.96. The van der Waals surface area contributed by atoms with Crippen LogP contribution in [0.3, 0.4) is 0 Å². The van der Waals surface area contributed by atoms with Gasteiger partial charge in [0.05, 0.1) is 0 Å². The molecule has 0 atom stereocenters. The van der Waals surface area contributed by atoms with Crippen molar-refractivity contribution in [2.75, 3.05) is 27.2 Å². The Balaban J connectivity index is 2.44. The first kappa shape index (κ1) is 18.3. The first-order chi connectivity index (χ1) is 10.6. The van der Waals surface area contributed by atoms with Crippen molar-refractivity contribution >= 4 is 23.5 Å². The SMILES string of the molecule is CCCNC(=O)CCNC(=NC)N(C)Cc1ccccc1Cl. The molecule has 0 saturated carbocycles. The van der Waals surface area contributed by atoms with Crippen LogP contribution in [0.15, 0.2) is 29.3 Å². The summed E-state index contributed by atoms with van der Waals surface area (Å²) in [4.78, 5) is 17.8. The number of guanidine groups is 1. The highest BCUT2D eigenvalue weighted by Gasteiger charge is 2.09. The number of amides is 1. The quantitative estimate of drug-likeness (QED) is 0.597. The van der Waals surface area contributed by atoms with E-state index in [1.165, 1.54) is 0 Å². The highest BCUT2D eigenvalue weighted by molar-refractivity contribution is 6.31. The van der Waals surface area contributed by atoms with Gasteiger partial charge in [-0.3, -0.25) is 9.79 Å². The van der Waals surface area contributed by atoms with Crippen LogP contribution in [-0.4, -0.2) is 44.0 Å². The molecular weight excluding hydrogens is 300 g/mol. The Morgan fingerprint density at radius 2 is 2.00 bits per heavy atom. The van der Waals surface area contributed by atoms with Crippen molar-refractivity contribution in [2.24, 2.45) is 4.99 Å². The molecule has 2 N–H and O–H groups in total. The van der Waals surface area contributed by atoms with Crippen molar-refractivity contribution in [3.63, 3.8) is 0 Å². The third kappa shape index (κ3) is 6.35. The molecule has 22 heavy (non-hydrogen) atoms. The molecule has 0 fully saturated rings. The highest BCUT2D eigenvalue weighted by Crippen LogP contribution is 2.16. The molecule has 0 aliphatic rings. The lowest BCUT2D eigenvalue weighted by atomic mass is 10.2. The second kappa shape index (κ2) is 10.1. The molecule has 0 spiro atoms. The molecule has 0 aliphatic heterocycles. The van der Waals surface area contributed by atoms with Crippen LogP contribution in [-0.2, 0) is 11.3 Å². The summed E-state index contributed by atoms with van der Waals surface area (Å²) in [7, 11) is 3.67. The molecule has 122 valence electrons. The predicted octanol–water partition coefficient (Wildman–Crippen LogP) is 2.26. The number of hydrogen-bond acceptors (Lipinski definition) is 2. The first-order valence-electron chi connectivity index (χ1n) is 7.50. The van der Waals surface area contributed by atoms with Gasteiger partial charge in [-0.05, 0) is 18.1 Å². The molecule has 0 bridgehead atoms. The molecule has 5 nitrogen and oxygen atoms in total. The lowest BCUT2D eigenvalue weighted by Gasteiger charge is -2.22. The molecule has 0 unspecified atom stereocenters. The van der Waals surface area contributed by atoms with Crippen molar-refractivity contribution in [2.45, 2.75) is 26.3 Å². The van der Waals surface area contributed by atoms with Crippen molar-refractivity contribution in [3.05, 3.63) is 34.9 Å². The van der Waals surface area contributed by atoms with Crippen molar-refractivity contribution in [1.29, 1.82) is 0 Å². The zero-order chi connectivity index (χ0) is 16.4. The van der Waals surface area contributed by atoms with Crippen molar-refractivity contribution < 1.29 is 4.79 Å².